The van der Waals surface area contributed by atoms with Crippen LogP contribution >= 0.6 is 0 Å². The van der Waals surface area contributed by atoms with Gasteiger partial charge in [0, 0.05) is 11.8 Å². The van der Waals surface area contributed by atoms with Gasteiger partial charge in [-0.15, -0.1) is 13.2 Å². The Hall–Kier alpha value is -3.63. The Bertz CT molecular complexity index is 986. The van der Waals surface area contributed by atoms with Gasteiger partial charge in [-0.3, -0.25) is 0 Å². The lowest BCUT2D eigenvalue weighted by Gasteiger charge is -2.11. The number of hydrogen-bond donors (Lipinski definition) is 1. The van der Waals surface area contributed by atoms with Crippen molar-refractivity contribution in [1.82, 2.24) is 19.7 Å². The van der Waals surface area contributed by atoms with E-state index in [1.165, 1.54) is 48.6 Å². The molecule has 0 spiro atoms. The number of anilines is 2. The number of methoxy groups -OCH3 is 1. The Kier molecular flexibility index (Phi) is 5.16. The molecule has 28 heavy (non-hydrogen) atoms. The number of aromatic nitrogens is 4. The van der Waals surface area contributed by atoms with Crippen LogP contribution in [0.2, 0.25) is 0 Å². The molecule has 146 valence electrons. The third-order valence-corrected chi connectivity index (χ3v) is 3.65. The molecular formula is C17H14F3N5O3. The summed E-state index contributed by atoms with van der Waals surface area (Å²) in [6.45, 7) is 1.69. The molecule has 0 atom stereocenters. The van der Waals surface area contributed by atoms with Crippen molar-refractivity contribution >= 4 is 17.5 Å². The van der Waals surface area contributed by atoms with Crippen molar-refractivity contribution in [3.63, 3.8) is 0 Å². The average molecular weight is 393 g/mol. The monoisotopic (exact) mass is 393 g/mol. The number of nitrogens with one attached hydrogen (secondary N) is 1. The van der Waals surface area contributed by atoms with E-state index in [0.717, 1.165) is 0 Å². The Balaban J connectivity index is 1.79. The third-order valence-electron chi connectivity index (χ3n) is 3.65. The summed E-state index contributed by atoms with van der Waals surface area (Å²) in [6.07, 6.45) is -2.09. The largest absolute Gasteiger partial charge is 0.573 e. The van der Waals surface area contributed by atoms with Gasteiger partial charge in [0.25, 0.3) is 0 Å². The van der Waals surface area contributed by atoms with Crippen molar-refractivity contribution in [3.05, 3.63) is 54.1 Å². The van der Waals surface area contributed by atoms with Crippen LogP contribution in [0.4, 0.5) is 24.7 Å². The molecule has 2 aromatic heterocycles. The van der Waals surface area contributed by atoms with Gasteiger partial charge in [0.2, 0.25) is 0 Å². The topological polar surface area (TPSA) is 91.2 Å². The SMILES string of the molecule is COC(=O)c1cnn(-c2cc(Nc3ccc(OC(F)(F)F)cc3)ncn2)c1C. The zero-order valence-corrected chi connectivity index (χ0v) is 14.7. The summed E-state index contributed by atoms with van der Waals surface area (Å²) in [5.41, 5.74) is 1.33. The van der Waals surface area contributed by atoms with Gasteiger partial charge in [0.15, 0.2) is 5.82 Å². The van der Waals surface area contributed by atoms with Crippen molar-refractivity contribution < 1.29 is 27.4 Å². The highest BCUT2D eigenvalue weighted by Gasteiger charge is 2.30. The average Bonchev–Trinajstić information content (AvgIpc) is 3.03. The fourth-order valence-corrected chi connectivity index (χ4v) is 2.37. The van der Waals surface area contributed by atoms with Crippen molar-refractivity contribution in [2.45, 2.75) is 13.3 Å². The summed E-state index contributed by atoms with van der Waals surface area (Å²) in [5, 5.41) is 7.07. The predicted octanol–water partition coefficient (Wildman–Crippen LogP) is 3.40. The van der Waals surface area contributed by atoms with E-state index < -0.39 is 12.3 Å². The number of esters is 1. The van der Waals surface area contributed by atoms with Gasteiger partial charge < -0.3 is 14.8 Å². The van der Waals surface area contributed by atoms with Gasteiger partial charge >= 0.3 is 12.3 Å². The molecule has 3 rings (SSSR count). The number of rotatable bonds is 5. The molecule has 2 heterocycles. The fraction of sp³-hybridized carbons (Fsp3) is 0.176. The quantitative estimate of drug-likeness (QED) is 0.665. The van der Waals surface area contributed by atoms with E-state index in [0.29, 0.717) is 28.6 Å². The zero-order chi connectivity index (χ0) is 20.3. The highest BCUT2D eigenvalue weighted by molar-refractivity contribution is 5.90. The number of nitrogens with zero attached hydrogens (tertiary/aromatic N) is 4. The van der Waals surface area contributed by atoms with Crippen LogP contribution in [0.5, 0.6) is 5.75 Å². The van der Waals surface area contributed by atoms with Crippen LogP contribution in [-0.4, -0.2) is 39.2 Å². The van der Waals surface area contributed by atoms with Crippen LogP contribution in [0.25, 0.3) is 5.82 Å². The second-order valence-electron chi connectivity index (χ2n) is 5.51. The van der Waals surface area contributed by atoms with Crippen molar-refractivity contribution in [3.8, 4) is 11.6 Å². The van der Waals surface area contributed by atoms with Crippen LogP contribution in [0.3, 0.4) is 0 Å². The van der Waals surface area contributed by atoms with E-state index in [9.17, 15) is 18.0 Å². The van der Waals surface area contributed by atoms with Crippen LogP contribution in [-0.2, 0) is 4.74 Å². The lowest BCUT2D eigenvalue weighted by molar-refractivity contribution is -0.274. The zero-order valence-electron chi connectivity index (χ0n) is 14.7. The van der Waals surface area contributed by atoms with E-state index in [-0.39, 0.29) is 5.75 Å². The summed E-state index contributed by atoms with van der Waals surface area (Å²) < 4.78 is 46.6. The van der Waals surface area contributed by atoms with Gasteiger partial charge in [-0.25, -0.2) is 19.4 Å². The maximum absolute atomic E-state index is 12.2. The predicted molar refractivity (Wildman–Crippen MR) is 91.6 cm³/mol. The third kappa shape index (κ3) is 4.37. The molecule has 0 fully saturated rings. The second kappa shape index (κ2) is 7.55. The number of carbonyl (C=O) groups excluding carboxylic acids is 1. The Morgan fingerprint density at radius 1 is 1.18 bits per heavy atom. The fourth-order valence-electron chi connectivity index (χ4n) is 2.37. The highest BCUT2D eigenvalue weighted by Crippen LogP contribution is 2.25. The molecule has 0 saturated carbocycles. The summed E-state index contributed by atoms with van der Waals surface area (Å²) >= 11 is 0. The number of carbonyl (C=O) groups is 1. The lowest BCUT2D eigenvalue weighted by atomic mass is 10.2. The van der Waals surface area contributed by atoms with Crippen LogP contribution in [0.15, 0.2) is 42.9 Å². The van der Waals surface area contributed by atoms with Gasteiger partial charge in [0.1, 0.15) is 23.5 Å². The molecular weight excluding hydrogens is 379 g/mol. The van der Waals surface area contributed by atoms with Gasteiger partial charge in [0.05, 0.1) is 19.0 Å². The Morgan fingerprint density at radius 3 is 2.54 bits per heavy atom. The normalized spacial score (nSPS) is 11.2. The van der Waals surface area contributed by atoms with Crippen LogP contribution in [0, 0.1) is 6.92 Å². The van der Waals surface area contributed by atoms with E-state index in [1.807, 2.05) is 0 Å². The number of alkyl halides is 3. The summed E-state index contributed by atoms with van der Waals surface area (Å²) in [4.78, 5) is 19.9. The molecule has 0 radical (unpaired) electrons. The highest BCUT2D eigenvalue weighted by atomic mass is 19.4. The molecule has 0 aliphatic heterocycles. The number of hydrogen-bond acceptors (Lipinski definition) is 7. The summed E-state index contributed by atoms with van der Waals surface area (Å²) in [5.74, 6) is -0.0764. The summed E-state index contributed by atoms with van der Waals surface area (Å²) in [7, 11) is 1.27. The number of ether oxygens (including phenoxy) is 2. The minimum absolute atomic E-state index is 0.302. The molecule has 0 saturated heterocycles. The molecule has 0 amide bonds. The standard InChI is InChI=1S/C17H14F3N5O3/c1-10-13(16(26)27-2)8-23-25(10)15-7-14(21-9-22-15)24-11-3-5-12(6-4-11)28-17(18,19)20/h3-9H,1-2H3,(H,21,22,24). The van der Waals surface area contributed by atoms with E-state index in [4.69, 9.17) is 4.74 Å². The maximum Gasteiger partial charge on any atom is 0.573 e. The van der Waals surface area contributed by atoms with E-state index in [1.54, 1.807) is 13.0 Å². The minimum Gasteiger partial charge on any atom is -0.465 e. The second-order valence-corrected chi connectivity index (χ2v) is 5.51. The first-order valence-electron chi connectivity index (χ1n) is 7.85. The molecule has 1 aromatic carbocycles. The van der Waals surface area contributed by atoms with Gasteiger partial charge in [-0.05, 0) is 31.2 Å². The van der Waals surface area contributed by atoms with Crippen LogP contribution < -0.4 is 10.1 Å². The smallest absolute Gasteiger partial charge is 0.465 e. The summed E-state index contributed by atoms with van der Waals surface area (Å²) in [6, 6.07) is 6.76. The molecule has 0 aliphatic carbocycles. The van der Waals surface area contributed by atoms with E-state index in [2.05, 4.69) is 25.1 Å². The molecule has 1 N–H and O–H groups in total. The molecule has 0 unspecified atom stereocenters. The molecule has 3 aromatic rings. The minimum atomic E-state index is -4.75. The molecule has 11 heteroatoms. The lowest BCUT2D eigenvalue weighted by Crippen LogP contribution is -2.16. The van der Waals surface area contributed by atoms with Crippen molar-refractivity contribution in [2.75, 3.05) is 12.4 Å². The number of benzene rings is 1. The molecule has 0 aliphatic rings. The molecule has 0 bridgehead atoms. The first kappa shape index (κ1) is 19.1. The van der Waals surface area contributed by atoms with Crippen molar-refractivity contribution in [2.24, 2.45) is 0 Å². The first-order chi connectivity index (χ1) is 13.3. The molecule has 8 nitrogen and oxygen atoms in total. The first-order valence-corrected chi connectivity index (χ1v) is 7.85. The van der Waals surface area contributed by atoms with Gasteiger partial charge in [-0.2, -0.15) is 5.10 Å². The Labute approximate surface area is 156 Å². The number of halogens is 3. The van der Waals surface area contributed by atoms with Crippen LogP contribution in [0.1, 0.15) is 16.1 Å². The van der Waals surface area contributed by atoms with Gasteiger partial charge in [-0.1, -0.05) is 0 Å². The van der Waals surface area contributed by atoms with E-state index >= 15 is 0 Å². The Morgan fingerprint density at radius 2 is 1.89 bits per heavy atom. The van der Waals surface area contributed by atoms with Crippen molar-refractivity contribution in [1.29, 1.82) is 0 Å². The maximum atomic E-state index is 12.2.